The number of amides is 1. The second kappa shape index (κ2) is 5.72. The molecular formula is C14H23NO3. The van der Waals surface area contributed by atoms with Crippen molar-refractivity contribution >= 4 is 11.9 Å². The largest absolute Gasteiger partial charge is 0.481 e. The molecule has 4 heteroatoms. The fourth-order valence-electron chi connectivity index (χ4n) is 3.46. The van der Waals surface area contributed by atoms with Gasteiger partial charge >= 0.3 is 5.97 Å². The number of aliphatic carboxylic acids is 1. The monoisotopic (exact) mass is 253 g/mol. The molecule has 2 fully saturated rings. The first-order valence-corrected chi connectivity index (χ1v) is 7.10. The molecule has 1 amide bonds. The molecule has 0 aromatic heterocycles. The Labute approximate surface area is 108 Å². The molecule has 2 unspecified atom stereocenters. The lowest BCUT2D eigenvalue weighted by molar-refractivity contribution is -0.146. The minimum absolute atomic E-state index is 0.0426. The van der Waals surface area contributed by atoms with Crippen LogP contribution in [0.5, 0.6) is 0 Å². The van der Waals surface area contributed by atoms with Crippen LogP contribution in [0.3, 0.4) is 0 Å². The van der Waals surface area contributed by atoms with E-state index in [-0.39, 0.29) is 11.8 Å². The second-order valence-electron chi connectivity index (χ2n) is 5.90. The Morgan fingerprint density at radius 1 is 1.11 bits per heavy atom. The van der Waals surface area contributed by atoms with Gasteiger partial charge in [0, 0.05) is 6.54 Å². The molecule has 2 aliphatic carbocycles. The summed E-state index contributed by atoms with van der Waals surface area (Å²) in [6.07, 6.45) is 5.92. The van der Waals surface area contributed by atoms with Gasteiger partial charge in [-0.15, -0.1) is 0 Å². The maximum Gasteiger partial charge on any atom is 0.307 e. The second-order valence-corrected chi connectivity index (χ2v) is 5.90. The molecule has 4 nitrogen and oxygen atoms in total. The van der Waals surface area contributed by atoms with Crippen molar-refractivity contribution in [3.05, 3.63) is 0 Å². The van der Waals surface area contributed by atoms with E-state index in [9.17, 15) is 9.59 Å². The highest BCUT2D eigenvalue weighted by atomic mass is 16.4. The Balaban J connectivity index is 1.82. The lowest BCUT2D eigenvalue weighted by atomic mass is 9.94. The number of hydrogen-bond donors (Lipinski definition) is 2. The molecule has 2 N–H and O–H groups in total. The number of rotatable bonds is 4. The summed E-state index contributed by atoms with van der Waals surface area (Å²) in [4.78, 5) is 23.1. The predicted octanol–water partition coefficient (Wildman–Crippen LogP) is 2.04. The van der Waals surface area contributed by atoms with Crippen molar-refractivity contribution in [3.8, 4) is 0 Å². The van der Waals surface area contributed by atoms with Crippen molar-refractivity contribution in [2.24, 2.45) is 23.7 Å². The third-order valence-electron chi connectivity index (χ3n) is 4.75. The van der Waals surface area contributed by atoms with Crippen LogP contribution in [0.25, 0.3) is 0 Å². The number of hydrogen-bond acceptors (Lipinski definition) is 2. The summed E-state index contributed by atoms with van der Waals surface area (Å²) >= 11 is 0. The van der Waals surface area contributed by atoms with E-state index in [1.165, 1.54) is 19.3 Å². The molecule has 2 aliphatic rings. The molecule has 0 heterocycles. The van der Waals surface area contributed by atoms with E-state index in [2.05, 4.69) is 12.2 Å². The molecule has 0 aromatic carbocycles. The Morgan fingerprint density at radius 3 is 2.39 bits per heavy atom. The predicted molar refractivity (Wildman–Crippen MR) is 68.0 cm³/mol. The van der Waals surface area contributed by atoms with Crippen molar-refractivity contribution < 1.29 is 14.7 Å². The third-order valence-corrected chi connectivity index (χ3v) is 4.75. The molecular weight excluding hydrogens is 230 g/mol. The van der Waals surface area contributed by atoms with Crippen molar-refractivity contribution in [3.63, 3.8) is 0 Å². The standard InChI is InChI=1S/C14H23NO3/c1-9-4-2-5-10(9)8-15-13(16)11-6-3-7-12(11)14(17)18/h9-12H,2-8H2,1H3,(H,15,16)(H,17,18)/t9?,10?,11-,12+/m1/s1. The average Bonchev–Trinajstić information content (AvgIpc) is 2.94. The highest BCUT2D eigenvalue weighted by Crippen LogP contribution is 2.33. The van der Waals surface area contributed by atoms with E-state index in [0.717, 1.165) is 19.4 Å². The highest BCUT2D eigenvalue weighted by molar-refractivity contribution is 5.85. The SMILES string of the molecule is CC1CCCC1CNC(=O)[C@@H]1CCC[C@@H]1C(=O)O. The van der Waals surface area contributed by atoms with Crippen LogP contribution in [0.1, 0.15) is 45.4 Å². The van der Waals surface area contributed by atoms with E-state index in [0.29, 0.717) is 18.3 Å². The van der Waals surface area contributed by atoms with Crippen LogP contribution in [0, 0.1) is 23.7 Å². The summed E-state index contributed by atoms with van der Waals surface area (Å²) in [7, 11) is 0. The average molecular weight is 253 g/mol. The van der Waals surface area contributed by atoms with Gasteiger partial charge in [0.05, 0.1) is 11.8 Å². The fourth-order valence-corrected chi connectivity index (χ4v) is 3.46. The maximum absolute atomic E-state index is 12.0. The minimum Gasteiger partial charge on any atom is -0.481 e. The van der Waals surface area contributed by atoms with Gasteiger partial charge in [0.25, 0.3) is 0 Å². The summed E-state index contributed by atoms with van der Waals surface area (Å²) in [5, 5.41) is 12.1. The maximum atomic E-state index is 12.0. The Morgan fingerprint density at radius 2 is 1.78 bits per heavy atom. The molecule has 18 heavy (non-hydrogen) atoms. The van der Waals surface area contributed by atoms with Crippen LogP contribution in [-0.2, 0) is 9.59 Å². The van der Waals surface area contributed by atoms with E-state index in [4.69, 9.17) is 5.11 Å². The van der Waals surface area contributed by atoms with Gasteiger partial charge in [-0.2, -0.15) is 0 Å². The summed E-state index contributed by atoms with van der Waals surface area (Å²) in [6, 6.07) is 0. The molecule has 102 valence electrons. The van der Waals surface area contributed by atoms with Gasteiger partial charge in [-0.1, -0.05) is 26.2 Å². The summed E-state index contributed by atoms with van der Waals surface area (Å²) in [6.45, 7) is 2.96. The first kappa shape index (κ1) is 13.4. The molecule has 2 rings (SSSR count). The van der Waals surface area contributed by atoms with Crippen LogP contribution in [0.2, 0.25) is 0 Å². The van der Waals surface area contributed by atoms with Gasteiger partial charge < -0.3 is 10.4 Å². The molecule has 2 saturated carbocycles. The summed E-state index contributed by atoms with van der Waals surface area (Å²) in [5.41, 5.74) is 0. The molecule has 4 atom stereocenters. The van der Waals surface area contributed by atoms with Crippen LogP contribution in [0.15, 0.2) is 0 Å². The Hall–Kier alpha value is -1.06. The van der Waals surface area contributed by atoms with Gasteiger partial charge in [-0.3, -0.25) is 9.59 Å². The van der Waals surface area contributed by atoms with Crippen LogP contribution in [0.4, 0.5) is 0 Å². The van der Waals surface area contributed by atoms with Gasteiger partial charge in [-0.25, -0.2) is 0 Å². The van der Waals surface area contributed by atoms with Gasteiger partial charge in [0.1, 0.15) is 0 Å². The van der Waals surface area contributed by atoms with E-state index in [1.54, 1.807) is 0 Å². The first-order chi connectivity index (χ1) is 8.59. The van der Waals surface area contributed by atoms with Crippen LogP contribution in [-0.4, -0.2) is 23.5 Å². The number of carboxylic acids is 1. The van der Waals surface area contributed by atoms with Crippen molar-refractivity contribution in [2.45, 2.75) is 45.4 Å². The van der Waals surface area contributed by atoms with E-state index >= 15 is 0 Å². The van der Waals surface area contributed by atoms with Crippen molar-refractivity contribution in [2.75, 3.05) is 6.54 Å². The number of carbonyl (C=O) groups is 2. The Kier molecular flexibility index (Phi) is 4.25. The molecule has 0 saturated heterocycles. The molecule has 0 aliphatic heterocycles. The summed E-state index contributed by atoms with van der Waals surface area (Å²) in [5.74, 6) is -0.367. The Bertz CT molecular complexity index is 329. The lowest BCUT2D eigenvalue weighted by Gasteiger charge is -2.19. The highest BCUT2D eigenvalue weighted by Gasteiger charge is 2.38. The first-order valence-electron chi connectivity index (χ1n) is 7.10. The molecule has 0 aromatic rings. The quantitative estimate of drug-likeness (QED) is 0.805. The third kappa shape index (κ3) is 2.85. The number of carbonyl (C=O) groups excluding carboxylic acids is 1. The van der Waals surface area contributed by atoms with Crippen molar-refractivity contribution in [1.29, 1.82) is 0 Å². The fraction of sp³-hybridized carbons (Fsp3) is 0.857. The van der Waals surface area contributed by atoms with Gasteiger partial charge in [-0.05, 0) is 31.1 Å². The number of nitrogens with one attached hydrogen (secondary N) is 1. The molecule has 0 bridgehead atoms. The van der Waals surface area contributed by atoms with E-state index in [1.807, 2.05) is 0 Å². The molecule has 0 radical (unpaired) electrons. The lowest BCUT2D eigenvalue weighted by Crippen LogP contribution is -2.38. The zero-order chi connectivity index (χ0) is 13.1. The summed E-state index contributed by atoms with van der Waals surface area (Å²) < 4.78 is 0. The normalized spacial score (nSPS) is 35.6. The molecule has 0 spiro atoms. The van der Waals surface area contributed by atoms with E-state index < -0.39 is 11.9 Å². The zero-order valence-corrected chi connectivity index (χ0v) is 11.0. The van der Waals surface area contributed by atoms with Gasteiger partial charge in [0.2, 0.25) is 5.91 Å². The smallest absolute Gasteiger partial charge is 0.307 e. The van der Waals surface area contributed by atoms with Gasteiger partial charge in [0.15, 0.2) is 0 Å². The van der Waals surface area contributed by atoms with Crippen LogP contribution >= 0.6 is 0 Å². The topological polar surface area (TPSA) is 66.4 Å². The zero-order valence-electron chi connectivity index (χ0n) is 11.0. The number of carboxylic acid groups (broad SMARTS) is 1. The van der Waals surface area contributed by atoms with Crippen molar-refractivity contribution in [1.82, 2.24) is 5.32 Å². The minimum atomic E-state index is -0.818. The van der Waals surface area contributed by atoms with Crippen LogP contribution < -0.4 is 5.32 Å².